The van der Waals surface area contributed by atoms with Crippen LogP contribution in [-0.2, 0) is 4.74 Å². The SMILES string of the molecule is COCCC(C)(C)CNC1CC(c2cccc(Cl)c2)C1. The molecule has 1 aliphatic carbocycles. The number of halogens is 1. The molecule has 0 radical (unpaired) electrons. The molecule has 0 atom stereocenters. The number of methoxy groups -OCH3 is 1. The Labute approximate surface area is 127 Å². The zero-order valence-corrected chi connectivity index (χ0v) is 13.5. The quantitative estimate of drug-likeness (QED) is 0.812. The van der Waals surface area contributed by atoms with Gasteiger partial charge in [-0.2, -0.15) is 0 Å². The summed E-state index contributed by atoms with van der Waals surface area (Å²) in [5, 5.41) is 4.54. The van der Waals surface area contributed by atoms with Crippen molar-refractivity contribution in [2.24, 2.45) is 5.41 Å². The van der Waals surface area contributed by atoms with E-state index in [9.17, 15) is 0 Å². The fraction of sp³-hybridized carbons (Fsp3) is 0.647. The van der Waals surface area contributed by atoms with Crippen molar-refractivity contribution in [3.05, 3.63) is 34.9 Å². The first kappa shape index (κ1) is 15.8. The second-order valence-corrected chi connectivity index (χ2v) is 7.14. The molecular formula is C17H26ClNO. The van der Waals surface area contributed by atoms with E-state index in [4.69, 9.17) is 16.3 Å². The molecule has 2 nitrogen and oxygen atoms in total. The third-order valence-electron chi connectivity index (χ3n) is 4.31. The maximum absolute atomic E-state index is 6.05. The topological polar surface area (TPSA) is 21.3 Å². The number of hydrogen-bond acceptors (Lipinski definition) is 2. The van der Waals surface area contributed by atoms with Gasteiger partial charge in [-0.15, -0.1) is 0 Å². The highest BCUT2D eigenvalue weighted by atomic mass is 35.5. The monoisotopic (exact) mass is 295 g/mol. The molecule has 0 saturated heterocycles. The molecule has 1 fully saturated rings. The largest absolute Gasteiger partial charge is 0.385 e. The van der Waals surface area contributed by atoms with Crippen LogP contribution in [0.2, 0.25) is 5.02 Å². The molecule has 3 heteroatoms. The van der Waals surface area contributed by atoms with E-state index in [0.717, 1.165) is 24.6 Å². The highest BCUT2D eigenvalue weighted by Crippen LogP contribution is 2.38. The van der Waals surface area contributed by atoms with Crippen molar-refractivity contribution in [1.29, 1.82) is 0 Å². The van der Waals surface area contributed by atoms with Crippen molar-refractivity contribution in [3.8, 4) is 0 Å². The lowest BCUT2D eigenvalue weighted by molar-refractivity contribution is 0.144. The minimum Gasteiger partial charge on any atom is -0.385 e. The van der Waals surface area contributed by atoms with Gasteiger partial charge in [0.05, 0.1) is 0 Å². The van der Waals surface area contributed by atoms with Crippen LogP contribution in [0.5, 0.6) is 0 Å². The molecule has 1 aromatic rings. The van der Waals surface area contributed by atoms with Crippen LogP contribution in [0, 0.1) is 5.41 Å². The molecule has 112 valence electrons. The molecule has 20 heavy (non-hydrogen) atoms. The van der Waals surface area contributed by atoms with Crippen molar-refractivity contribution in [1.82, 2.24) is 5.32 Å². The summed E-state index contributed by atoms with van der Waals surface area (Å²) in [6.07, 6.45) is 3.54. The first-order valence-corrected chi connectivity index (χ1v) is 7.86. The predicted molar refractivity (Wildman–Crippen MR) is 85.5 cm³/mol. The van der Waals surface area contributed by atoms with E-state index in [1.807, 2.05) is 12.1 Å². The number of nitrogens with one attached hydrogen (secondary N) is 1. The number of ether oxygens (including phenoxy) is 1. The highest BCUT2D eigenvalue weighted by Gasteiger charge is 2.31. The van der Waals surface area contributed by atoms with Gasteiger partial charge < -0.3 is 10.1 Å². The van der Waals surface area contributed by atoms with Gasteiger partial charge in [-0.1, -0.05) is 37.6 Å². The van der Waals surface area contributed by atoms with Crippen LogP contribution in [0.1, 0.15) is 44.6 Å². The Morgan fingerprint density at radius 1 is 1.35 bits per heavy atom. The zero-order chi connectivity index (χ0) is 14.6. The van der Waals surface area contributed by atoms with E-state index in [0.29, 0.717) is 17.4 Å². The zero-order valence-electron chi connectivity index (χ0n) is 12.8. The number of benzene rings is 1. The van der Waals surface area contributed by atoms with Crippen LogP contribution in [0.4, 0.5) is 0 Å². The average Bonchev–Trinajstić information content (AvgIpc) is 2.34. The maximum atomic E-state index is 6.05. The van der Waals surface area contributed by atoms with Gasteiger partial charge in [0.2, 0.25) is 0 Å². The molecule has 0 heterocycles. The van der Waals surface area contributed by atoms with Crippen LogP contribution < -0.4 is 5.32 Å². The lowest BCUT2D eigenvalue weighted by atomic mass is 9.75. The molecule has 0 bridgehead atoms. The van der Waals surface area contributed by atoms with Gasteiger partial charge in [-0.25, -0.2) is 0 Å². The smallest absolute Gasteiger partial charge is 0.0467 e. The second-order valence-electron chi connectivity index (χ2n) is 6.71. The van der Waals surface area contributed by atoms with Crippen molar-refractivity contribution in [2.45, 2.75) is 45.1 Å². The fourth-order valence-corrected chi connectivity index (χ4v) is 2.90. The maximum Gasteiger partial charge on any atom is 0.0467 e. The van der Waals surface area contributed by atoms with Gasteiger partial charge in [0.1, 0.15) is 0 Å². The van der Waals surface area contributed by atoms with Crippen LogP contribution >= 0.6 is 11.6 Å². The Hall–Kier alpha value is -0.570. The molecule has 0 aliphatic heterocycles. The van der Waals surface area contributed by atoms with E-state index in [1.54, 1.807) is 7.11 Å². The minimum atomic E-state index is 0.303. The Balaban J connectivity index is 1.72. The van der Waals surface area contributed by atoms with E-state index in [2.05, 4.69) is 31.3 Å². The molecule has 1 saturated carbocycles. The molecule has 1 N–H and O–H groups in total. The van der Waals surface area contributed by atoms with E-state index < -0.39 is 0 Å². The summed E-state index contributed by atoms with van der Waals surface area (Å²) in [5.41, 5.74) is 1.69. The molecule has 1 aliphatic rings. The van der Waals surface area contributed by atoms with Crippen LogP contribution in [0.3, 0.4) is 0 Å². The van der Waals surface area contributed by atoms with Gasteiger partial charge in [0.15, 0.2) is 0 Å². The number of rotatable bonds is 7. The van der Waals surface area contributed by atoms with Crippen LogP contribution in [0.15, 0.2) is 24.3 Å². The third-order valence-corrected chi connectivity index (χ3v) is 4.55. The summed E-state index contributed by atoms with van der Waals surface area (Å²) < 4.78 is 5.17. The van der Waals surface area contributed by atoms with Gasteiger partial charge in [-0.3, -0.25) is 0 Å². The van der Waals surface area contributed by atoms with Crippen LogP contribution in [0.25, 0.3) is 0 Å². The summed E-state index contributed by atoms with van der Waals surface area (Å²) >= 11 is 6.05. The summed E-state index contributed by atoms with van der Waals surface area (Å²) in [5.74, 6) is 0.674. The Kier molecular flexibility index (Phi) is 5.48. The minimum absolute atomic E-state index is 0.303. The van der Waals surface area contributed by atoms with E-state index >= 15 is 0 Å². The lowest BCUT2D eigenvalue weighted by Gasteiger charge is -2.38. The van der Waals surface area contributed by atoms with Gasteiger partial charge in [0.25, 0.3) is 0 Å². The third kappa shape index (κ3) is 4.47. The molecule has 1 aromatic carbocycles. The highest BCUT2D eigenvalue weighted by molar-refractivity contribution is 6.30. The van der Waals surface area contributed by atoms with Crippen molar-refractivity contribution < 1.29 is 4.74 Å². The standard InChI is InChI=1S/C17H26ClNO/c1-17(2,7-8-20-3)12-19-16-10-14(11-16)13-5-4-6-15(18)9-13/h4-6,9,14,16,19H,7-8,10-12H2,1-3H3. The summed E-state index contributed by atoms with van der Waals surface area (Å²) in [4.78, 5) is 0. The van der Waals surface area contributed by atoms with Crippen molar-refractivity contribution >= 4 is 11.6 Å². The Bertz CT molecular complexity index is 427. The Morgan fingerprint density at radius 2 is 2.10 bits per heavy atom. The van der Waals surface area contributed by atoms with Crippen molar-refractivity contribution in [3.63, 3.8) is 0 Å². The molecule has 0 spiro atoms. The van der Waals surface area contributed by atoms with Gasteiger partial charge in [-0.05, 0) is 48.3 Å². The molecule has 2 rings (SSSR count). The molecule has 0 aromatic heterocycles. The number of hydrogen-bond donors (Lipinski definition) is 1. The first-order chi connectivity index (χ1) is 9.50. The fourth-order valence-electron chi connectivity index (χ4n) is 2.70. The van der Waals surface area contributed by atoms with Gasteiger partial charge >= 0.3 is 0 Å². The van der Waals surface area contributed by atoms with E-state index in [-0.39, 0.29) is 0 Å². The lowest BCUT2D eigenvalue weighted by Crippen LogP contribution is -2.44. The van der Waals surface area contributed by atoms with Gasteiger partial charge in [0, 0.05) is 31.3 Å². The second kappa shape index (κ2) is 6.93. The summed E-state index contributed by atoms with van der Waals surface area (Å²) in [6.45, 7) is 6.49. The predicted octanol–water partition coefficient (Wildman–Crippen LogP) is 4.24. The molecule has 0 unspecified atom stereocenters. The van der Waals surface area contributed by atoms with E-state index in [1.165, 1.54) is 18.4 Å². The summed E-state index contributed by atoms with van der Waals surface area (Å²) in [6, 6.07) is 8.94. The molecule has 0 amide bonds. The molecular weight excluding hydrogens is 270 g/mol. The summed E-state index contributed by atoms with van der Waals surface area (Å²) in [7, 11) is 1.77. The average molecular weight is 296 g/mol. The van der Waals surface area contributed by atoms with Crippen LogP contribution in [-0.4, -0.2) is 26.3 Å². The van der Waals surface area contributed by atoms with Crippen molar-refractivity contribution in [2.75, 3.05) is 20.3 Å². The first-order valence-electron chi connectivity index (χ1n) is 7.48. The normalized spacial score (nSPS) is 22.6. The Morgan fingerprint density at radius 3 is 2.75 bits per heavy atom.